The van der Waals surface area contributed by atoms with Gasteiger partial charge in [-0.05, 0) is 32.7 Å². The minimum atomic E-state index is -0.330. The molecule has 1 atom stereocenters. The first kappa shape index (κ1) is 12.4. The molecule has 2 rings (SSSR count). The van der Waals surface area contributed by atoms with Crippen molar-refractivity contribution in [3.8, 4) is 0 Å². The van der Waals surface area contributed by atoms with Gasteiger partial charge in [0.05, 0.1) is 12.0 Å². The molecule has 17 heavy (non-hydrogen) atoms. The van der Waals surface area contributed by atoms with Crippen molar-refractivity contribution in [2.24, 2.45) is 5.41 Å². The molecule has 2 aliphatic heterocycles. The van der Waals surface area contributed by atoms with Crippen molar-refractivity contribution in [3.63, 3.8) is 0 Å². The van der Waals surface area contributed by atoms with Gasteiger partial charge >= 0.3 is 0 Å². The molecule has 96 valence electrons. The van der Waals surface area contributed by atoms with Gasteiger partial charge in [0, 0.05) is 19.6 Å². The quantitative estimate of drug-likeness (QED) is 0.662. The van der Waals surface area contributed by atoms with Crippen LogP contribution in [0.15, 0.2) is 0 Å². The molecule has 5 nitrogen and oxygen atoms in total. The van der Waals surface area contributed by atoms with Gasteiger partial charge in [-0.1, -0.05) is 0 Å². The number of carbonyl (C=O) groups is 2. The van der Waals surface area contributed by atoms with Crippen LogP contribution in [0.1, 0.15) is 26.2 Å². The Bertz CT molecular complexity index is 311. The van der Waals surface area contributed by atoms with Gasteiger partial charge in [-0.25, -0.2) is 0 Å². The van der Waals surface area contributed by atoms with Crippen molar-refractivity contribution in [2.45, 2.75) is 26.2 Å². The van der Waals surface area contributed by atoms with Gasteiger partial charge in [0.25, 0.3) is 0 Å². The zero-order chi connectivity index (χ0) is 12.3. The monoisotopic (exact) mass is 239 g/mol. The lowest BCUT2D eigenvalue weighted by atomic mass is 9.81. The minimum absolute atomic E-state index is 0.0387. The van der Waals surface area contributed by atoms with Crippen LogP contribution in [0.25, 0.3) is 0 Å². The van der Waals surface area contributed by atoms with Crippen LogP contribution < -0.4 is 10.6 Å². The summed E-state index contributed by atoms with van der Waals surface area (Å²) in [6.07, 6.45) is 2.79. The van der Waals surface area contributed by atoms with E-state index >= 15 is 0 Å². The predicted molar refractivity (Wildman–Crippen MR) is 64.4 cm³/mol. The normalized spacial score (nSPS) is 30.6. The van der Waals surface area contributed by atoms with Crippen LogP contribution in [0, 0.1) is 5.41 Å². The van der Waals surface area contributed by atoms with E-state index in [0.717, 1.165) is 32.4 Å². The summed E-state index contributed by atoms with van der Waals surface area (Å²) in [4.78, 5) is 25.7. The Morgan fingerprint density at radius 2 is 2.18 bits per heavy atom. The number of piperidine rings is 1. The summed E-state index contributed by atoms with van der Waals surface area (Å²) in [5, 5.41) is 6.07. The summed E-state index contributed by atoms with van der Waals surface area (Å²) in [5.74, 6) is 0.0879. The Balaban J connectivity index is 2.04. The van der Waals surface area contributed by atoms with Gasteiger partial charge in [-0.3, -0.25) is 9.59 Å². The smallest absolute Gasteiger partial charge is 0.239 e. The van der Waals surface area contributed by atoms with Gasteiger partial charge in [0.1, 0.15) is 0 Å². The number of rotatable bonds is 1. The summed E-state index contributed by atoms with van der Waals surface area (Å²) >= 11 is 0. The van der Waals surface area contributed by atoms with E-state index in [1.165, 1.54) is 0 Å². The van der Waals surface area contributed by atoms with Crippen LogP contribution in [-0.4, -0.2) is 49.4 Å². The van der Waals surface area contributed by atoms with Crippen molar-refractivity contribution in [3.05, 3.63) is 0 Å². The van der Waals surface area contributed by atoms with Crippen LogP contribution in [0.4, 0.5) is 0 Å². The van der Waals surface area contributed by atoms with Gasteiger partial charge in [-0.2, -0.15) is 0 Å². The highest BCUT2D eigenvalue weighted by Crippen LogP contribution is 2.28. The van der Waals surface area contributed by atoms with E-state index in [1.807, 2.05) is 6.92 Å². The zero-order valence-corrected chi connectivity index (χ0v) is 10.4. The molecule has 0 bridgehead atoms. The molecular formula is C12H21N3O2. The molecule has 0 spiro atoms. The molecule has 0 radical (unpaired) electrons. The number of hydrogen-bond acceptors (Lipinski definition) is 3. The molecule has 5 heteroatoms. The third kappa shape index (κ3) is 2.77. The highest BCUT2D eigenvalue weighted by atomic mass is 16.2. The average Bonchev–Trinajstić information content (AvgIpc) is 2.54. The van der Waals surface area contributed by atoms with Crippen molar-refractivity contribution >= 4 is 11.8 Å². The minimum Gasteiger partial charge on any atom is -0.354 e. The second-order valence-electron chi connectivity index (χ2n) is 5.27. The van der Waals surface area contributed by atoms with E-state index in [4.69, 9.17) is 0 Å². The molecule has 2 aliphatic rings. The number of nitrogens with zero attached hydrogens (tertiary/aromatic N) is 1. The molecule has 2 N–H and O–H groups in total. The first-order chi connectivity index (χ1) is 8.12. The largest absolute Gasteiger partial charge is 0.354 e. The van der Waals surface area contributed by atoms with Crippen LogP contribution in [0.3, 0.4) is 0 Å². The highest BCUT2D eigenvalue weighted by Gasteiger charge is 2.38. The summed E-state index contributed by atoms with van der Waals surface area (Å²) in [6, 6.07) is 0. The molecule has 0 saturated carbocycles. The summed E-state index contributed by atoms with van der Waals surface area (Å²) < 4.78 is 0. The lowest BCUT2D eigenvalue weighted by Gasteiger charge is -2.36. The summed E-state index contributed by atoms with van der Waals surface area (Å²) in [7, 11) is 0. The molecular weight excluding hydrogens is 218 g/mol. The van der Waals surface area contributed by atoms with Crippen molar-refractivity contribution < 1.29 is 9.59 Å². The van der Waals surface area contributed by atoms with E-state index in [9.17, 15) is 9.59 Å². The second-order valence-corrected chi connectivity index (χ2v) is 5.27. The molecule has 0 aliphatic carbocycles. The van der Waals surface area contributed by atoms with Crippen LogP contribution >= 0.6 is 0 Å². The lowest BCUT2D eigenvalue weighted by Crippen LogP contribution is -2.51. The third-order valence-corrected chi connectivity index (χ3v) is 3.66. The lowest BCUT2D eigenvalue weighted by molar-refractivity contribution is -0.144. The molecule has 0 aromatic carbocycles. The number of carbonyl (C=O) groups excluding carboxylic acids is 2. The second kappa shape index (κ2) is 5.04. The van der Waals surface area contributed by atoms with E-state index in [0.29, 0.717) is 13.1 Å². The Morgan fingerprint density at radius 3 is 2.88 bits per heavy atom. The van der Waals surface area contributed by atoms with Crippen LogP contribution in [0.2, 0.25) is 0 Å². The van der Waals surface area contributed by atoms with E-state index in [1.54, 1.807) is 4.90 Å². The van der Waals surface area contributed by atoms with Crippen molar-refractivity contribution in [1.82, 2.24) is 15.5 Å². The number of nitrogens with one attached hydrogen (secondary N) is 2. The van der Waals surface area contributed by atoms with Gasteiger partial charge < -0.3 is 15.5 Å². The van der Waals surface area contributed by atoms with Crippen LogP contribution in [0.5, 0.6) is 0 Å². The third-order valence-electron chi connectivity index (χ3n) is 3.66. The maximum atomic E-state index is 12.5. The van der Waals surface area contributed by atoms with E-state index < -0.39 is 0 Å². The molecule has 2 fully saturated rings. The van der Waals surface area contributed by atoms with Gasteiger partial charge in [0.2, 0.25) is 11.8 Å². The topological polar surface area (TPSA) is 61.4 Å². The average molecular weight is 239 g/mol. The van der Waals surface area contributed by atoms with Gasteiger partial charge in [-0.15, -0.1) is 0 Å². The fourth-order valence-corrected chi connectivity index (χ4v) is 2.60. The molecule has 0 aromatic rings. The SMILES string of the molecule is CC1(C(=O)N2CCCNC(=O)C2)CCCNC1. The number of hydrogen-bond donors (Lipinski definition) is 2. The molecule has 2 amide bonds. The van der Waals surface area contributed by atoms with E-state index in [-0.39, 0.29) is 23.8 Å². The maximum Gasteiger partial charge on any atom is 0.239 e. The van der Waals surface area contributed by atoms with E-state index in [2.05, 4.69) is 10.6 Å². The first-order valence-electron chi connectivity index (χ1n) is 6.39. The Morgan fingerprint density at radius 1 is 1.35 bits per heavy atom. The zero-order valence-electron chi connectivity index (χ0n) is 10.4. The Kier molecular flexibility index (Phi) is 3.66. The predicted octanol–water partition coefficient (Wildman–Crippen LogP) is -0.275. The Hall–Kier alpha value is -1.10. The molecule has 0 aromatic heterocycles. The summed E-state index contributed by atoms with van der Waals surface area (Å²) in [6.45, 7) is 5.30. The van der Waals surface area contributed by atoms with Gasteiger partial charge in [0.15, 0.2) is 0 Å². The molecule has 2 heterocycles. The molecule has 2 saturated heterocycles. The van der Waals surface area contributed by atoms with Crippen LogP contribution in [-0.2, 0) is 9.59 Å². The number of amides is 2. The van der Waals surface area contributed by atoms with Crippen molar-refractivity contribution in [1.29, 1.82) is 0 Å². The fraction of sp³-hybridized carbons (Fsp3) is 0.833. The molecule has 1 unspecified atom stereocenters. The summed E-state index contributed by atoms with van der Waals surface area (Å²) in [5.41, 5.74) is -0.330. The first-order valence-corrected chi connectivity index (χ1v) is 6.39. The fourth-order valence-electron chi connectivity index (χ4n) is 2.60. The standard InChI is InChI=1S/C12H21N3O2/c1-12(4-2-5-13-9-12)11(17)15-7-3-6-14-10(16)8-15/h13H,2-9H2,1H3,(H,14,16). The van der Waals surface area contributed by atoms with Crippen molar-refractivity contribution in [2.75, 3.05) is 32.7 Å². The highest BCUT2D eigenvalue weighted by molar-refractivity contribution is 5.88. The Labute approximate surface area is 102 Å². The maximum absolute atomic E-state index is 12.5.